The number of hydrazine groups is 1. The van der Waals surface area contributed by atoms with Gasteiger partial charge in [0.25, 0.3) is 5.91 Å². The van der Waals surface area contributed by atoms with Gasteiger partial charge >= 0.3 is 0 Å². The molecule has 0 atom stereocenters. The number of carbonyl (C=O) groups excluding carboxylic acids is 1. The van der Waals surface area contributed by atoms with Gasteiger partial charge in [0.15, 0.2) is 16.6 Å². The van der Waals surface area contributed by atoms with Crippen LogP contribution in [0.2, 0.25) is 0 Å². The lowest BCUT2D eigenvalue weighted by molar-refractivity contribution is 0.0945. The highest BCUT2D eigenvalue weighted by Crippen LogP contribution is 2.33. The zero-order valence-corrected chi connectivity index (χ0v) is 17.2. The van der Waals surface area contributed by atoms with E-state index in [0.717, 1.165) is 10.9 Å². The summed E-state index contributed by atoms with van der Waals surface area (Å²) in [5.74, 6) is 0.894. The van der Waals surface area contributed by atoms with Gasteiger partial charge in [-0.05, 0) is 49.5 Å². The molecule has 3 aromatic rings. The topological polar surface area (TPSA) is 84.5 Å². The lowest BCUT2D eigenvalue weighted by Crippen LogP contribution is -2.46. The van der Waals surface area contributed by atoms with Gasteiger partial charge in [0, 0.05) is 17.5 Å². The maximum Gasteiger partial charge on any atom is 0.270 e. The molecule has 2 aromatic carbocycles. The van der Waals surface area contributed by atoms with Gasteiger partial charge < -0.3 is 14.8 Å². The third-order valence-corrected chi connectivity index (χ3v) is 4.51. The number of nitrogens with one attached hydrogen (secondary N) is 3. The number of amides is 1. The van der Waals surface area contributed by atoms with Gasteiger partial charge in [-0.15, -0.1) is 0 Å². The van der Waals surface area contributed by atoms with Crippen molar-refractivity contribution in [3.05, 3.63) is 54.1 Å². The highest BCUT2D eigenvalue weighted by molar-refractivity contribution is 7.80. The number of benzene rings is 2. The van der Waals surface area contributed by atoms with E-state index in [1.807, 2.05) is 43.3 Å². The minimum atomic E-state index is -0.314. The predicted molar refractivity (Wildman–Crippen MR) is 117 cm³/mol. The molecule has 0 aliphatic carbocycles. The van der Waals surface area contributed by atoms with E-state index in [4.69, 9.17) is 26.7 Å². The van der Waals surface area contributed by atoms with Crippen molar-refractivity contribution in [2.24, 2.45) is 0 Å². The second-order valence-corrected chi connectivity index (χ2v) is 6.49. The van der Waals surface area contributed by atoms with Crippen LogP contribution in [-0.2, 0) is 0 Å². The molecule has 0 radical (unpaired) electrons. The number of para-hydroxylation sites is 1. The first-order valence-corrected chi connectivity index (χ1v) is 9.44. The van der Waals surface area contributed by atoms with Crippen LogP contribution in [0.5, 0.6) is 11.5 Å². The summed E-state index contributed by atoms with van der Waals surface area (Å²) in [6.45, 7) is 2.57. The molecule has 0 fully saturated rings. The van der Waals surface area contributed by atoms with E-state index >= 15 is 0 Å². The van der Waals surface area contributed by atoms with Crippen molar-refractivity contribution in [2.75, 3.05) is 20.8 Å². The van der Waals surface area contributed by atoms with Gasteiger partial charge in [0.2, 0.25) is 0 Å². The predicted octanol–water partition coefficient (Wildman–Crippen LogP) is 3.05. The number of ether oxygens (including phenoxy) is 2. The van der Waals surface area contributed by atoms with Crippen molar-refractivity contribution in [1.29, 1.82) is 0 Å². The molecular formula is C21H22N4O3S. The normalized spacial score (nSPS) is 10.3. The van der Waals surface area contributed by atoms with Gasteiger partial charge in [0.05, 0.1) is 31.0 Å². The number of hydrogen-bond donors (Lipinski definition) is 3. The molecule has 0 saturated carbocycles. The summed E-state index contributed by atoms with van der Waals surface area (Å²) in [6, 6.07) is 14.7. The van der Waals surface area contributed by atoms with Crippen LogP contribution < -0.4 is 25.6 Å². The number of thiocarbonyl (C=S) groups is 1. The van der Waals surface area contributed by atoms with Crippen molar-refractivity contribution in [2.45, 2.75) is 6.92 Å². The number of fused-ring (bicyclic) bond motifs is 1. The molecule has 8 heteroatoms. The second kappa shape index (κ2) is 9.20. The smallest absolute Gasteiger partial charge is 0.270 e. The summed E-state index contributed by atoms with van der Waals surface area (Å²) in [7, 11) is 3.16. The van der Waals surface area contributed by atoms with Crippen molar-refractivity contribution in [3.8, 4) is 22.8 Å². The van der Waals surface area contributed by atoms with Crippen LogP contribution in [0.25, 0.3) is 22.2 Å². The first kappa shape index (κ1) is 20.3. The number of carbonyl (C=O) groups is 1. The van der Waals surface area contributed by atoms with E-state index in [1.54, 1.807) is 26.4 Å². The summed E-state index contributed by atoms with van der Waals surface area (Å²) in [6.07, 6.45) is 0. The van der Waals surface area contributed by atoms with Crippen molar-refractivity contribution < 1.29 is 14.3 Å². The fourth-order valence-corrected chi connectivity index (χ4v) is 3.09. The molecule has 0 aliphatic heterocycles. The van der Waals surface area contributed by atoms with Gasteiger partial charge in [-0.3, -0.25) is 15.6 Å². The first-order valence-electron chi connectivity index (χ1n) is 9.03. The molecule has 150 valence electrons. The van der Waals surface area contributed by atoms with Crippen LogP contribution in [-0.4, -0.2) is 36.8 Å². The molecule has 1 heterocycles. The Kier molecular flexibility index (Phi) is 6.46. The average Bonchev–Trinajstić information content (AvgIpc) is 2.76. The number of hydrogen-bond acceptors (Lipinski definition) is 5. The Morgan fingerprint density at radius 3 is 2.52 bits per heavy atom. The number of rotatable bonds is 5. The maximum absolute atomic E-state index is 12.8. The Hall–Kier alpha value is -3.39. The number of nitrogens with zero attached hydrogens (tertiary/aromatic N) is 1. The van der Waals surface area contributed by atoms with E-state index in [0.29, 0.717) is 39.9 Å². The monoisotopic (exact) mass is 410 g/mol. The molecule has 3 N–H and O–H groups in total. The van der Waals surface area contributed by atoms with Crippen molar-refractivity contribution in [3.63, 3.8) is 0 Å². The van der Waals surface area contributed by atoms with Crippen LogP contribution in [0, 0.1) is 0 Å². The summed E-state index contributed by atoms with van der Waals surface area (Å²) in [4.78, 5) is 17.6. The average molecular weight is 410 g/mol. The van der Waals surface area contributed by atoms with Gasteiger partial charge in [0.1, 0.15) is 0 Å². The van der Waals surface area contributed by atoms with Crippen molar-refractivity contribution >= 4 is 34.1 Å². The van der Waals surface area contributed by atoms with E-state index in [9.17, 15) is 4.79 Å². The maximum atomic E-state index is 12.8. The van der Waals surface area contributed by atoms with Crippen LogP contribution in [0.4, 0.5) is 0 Å². The SMILES string of the molecule is CCNC(=S)NNC(=O)c1cc(-c2ccc(OC)c(OC)c2)nc2ccccc12. The van der Waals surface area contributed by atoms with Crippen molar-refractivity contribution in [1.82, 2.24) is 21.2 Å². The van der Waals surface area contributed by atoms with Crippen LogP contribution in [0.1, 0.15) is 17.3 Å². The Labute approximate surface area is 174 Å². The third kappa shape index (κ3) is 4.55. The summed E-state index contributed by atoms with van der Waals surface area (Å²) < 4.78 is 10.7. The summed E-state index contributed by atoms with van der Waals surface area (Å²) in [5, 5.41) is 4.01. The molecule has 0 spiro atoms. The fourth-order valence-electron chi connectivity index (χ4n) is 2.89. The standard InChI is InChI=1S/C21H22N4O3S/c1-4-22-21(29)25-24-20(26)15-12-17(23-16-8-6-5-7-14(15)16)13-9-10-18(27-2)19(11-13)28-3/h5-12H,4H2,1-3H3,(H,24,26)(H2,22,25,29). The minimum absolute atomic E-state index is 0.314. The fraction of sp³-hybridized carbons (Fsp3) is 0.190. The highest BCUT2D eigenvalue weighted by atomic mass is 32.1. The highest BCUT2D eigenvalue weighted by Gasteiger charge is 2.15. The quantitative estimate of drug-likeness (QED) is 0.440. The second-order valence-electron chi connectivity index (χ2n) is 6.08. The molecule has 0 bridgehead atoms. The zero-order chi connectivity index (χ0) is 20.8. The largest absolute Gasteiger partial charge is 0.493 e. The third-order valence-electron chi connectivity index (χ3n) is 4.27. The molecule has 29 heavy (non-hydrogen) atoms. The molecule has 1 aromatic heterocycles. The van der Waals surface area contributed by atoms with E-state index in [2.05, 4.69) is 16.2 Å². The summed E-state index contributed by atoms with van der Waals surface area (Å²) >= 11 is 5.10. The van der Waals surface area contributed by atoms with E-state index in [1.165, 1.54) is 0 Å². The Bertz CT molecular complexity index is 1060. The Morgan fingerprint density at radius 2 is 1.79 bits per heavy atom. The van der Waals surface area contributed by atoms with Crippen LogP contribution in [0.3, 0.4) is 0 Å². The lowest BCUT2D eigenvalue weighted by Gasteiger charge is -2.13. The molecular weight excluding hydrogens is 388 g/mol. The lowest BCUT2D eigenvalue weighted by atomic mass is 10.0. The minimum Gasteiger partial charge on any atom is -0.493 e. The van der Waals surface area contributed by atoms with E-state index in [-0.39, 0.29) is 5.91 Å². The number of methoxy groups -OCH3 is 2. The number of pyridine rings is 1. The van der Waals surface area contributed by atoms with E-state index < -0.39 is 0 Å². The first-order chi connectivity index (χ1) is 14.1. The molecule has 0 unspecified atom stereocenters. The molecule has 0 saturated heterocycles. The molecule has 1 amide bonds. The van der Waals surface area contributed by atoms with Gasteiger partial charge in [-0.2, -0.15) is 0 Å². The van der Waals surface area contributed by atoms with Crippen LogP contribution in [0.15, 0.2) is 48.5 Å². The van der Waals surface area contributed by atoms with Crippen LogP contribution >= 0.6 is 12.2 Å². The molecule has 3 rings (SSSR count). The Morgan fingerprint density at radius 1 is 1.03 bits per heavy atom. The Balaban J connectivity index is 2.02. The van der Waals surface area contributed by atoms with Gasteiger partial charge in [-0.25, -0.2) is 4.98 Å². The van der Waals surface area contributed by atoms with Gasteiger partial charge in [-0.1, -0.05) is 18.2 Å². The molecule has 7 nitrogen and oxygen atoms in total. The molecule has 0 aliphatic rings. The number of aromatic nitrogens is 1. The summed E-state index contributed by atoms with van der Waals surface area (Å²) in [5.41, 5.74) is 7.97. The zero-order valence-electron chi connectivity index (χ0n) is 16.4.